The first-order chi connectivity index (χ1) is 12.1. The zero-order chi connectivity index (χ0) is 18.1. The van der Waals surface area contributed by atoms with Gasteiger partial charge < -0.3 is 15.5 Å². The fourth-order valence-electron chi connectivity index (χ4n) is 3.09. The van der Waals surface area contributed by atoms with E-state index in [1.807, 2.05) is 43.3 Å². The third-order valence-corrected chi connectivity index (χ3v) is 5.72. The van der Waals surface area contributed by atoms with Crippen molar-refractivity contribution in [1.82, 2.24) is 15.5 Å². The quantitative estimate of drug-likeness (QED) is 0.521. The topological polar surface area (TPSA) is 61.4 Å². The van der Waals surface area contributed by atoms with Crippen molar-refractivity contribution in [2.75, 3.05) is 32.9 Å². The Kier molecular flexibility index (Phi) is 10.7. The predicted molar refractivity (Wildman–Crippen MR) is 110 cm³/mol. The van der Waals surface area contributed by atoms with Crippen molar-refractivity contribution >= 4 is 36.0 Å². The van der Waals surface area contributed by atoms with E-state index in [9.17, 15) is 9.59 Å². The Hall–Kier alpha value is -1.24. The van der Waals surface area contributed by atoms with Crippen molar-refractivity contribution < 1.29 is 9.59 Å². The molecule has 1 aliphatic carbocycles. The number of carbonyl (C=O) groups is 2. The van der Waals surface area contributed by atoms with Crippen LogP contribution in [0.2, 0.25) is 0 Å². The van der Waals surface area contributed by atoms with Crippen LogP contribution in [0.4, 0.5) is 0 Å². The number of rotatable bonds is 8. The number of benzene rings is 1. The van der Waals surface area contributed by atoms with Crippen molar-refractivity contribution in [3.8, 4) is 0 Å². The Bertz CT molecular complexity index is 580. The molecule has 2 N–H and O–H groups in total. The molecule has 26 heavy (non-hydrogen) atoms. The average molecular weight is 400 g/mol. The maximum Gasteiger partial charge on any atom is 0.252 e. The highest BCUT2D eigenvalue weighted by Gasteiger charge is 2.22. The normalized spacial score (nSPS) is 14.4. The largest absolute Gasteiger partial charge is 0.351 e. The molecule has 5 nitrogen and oxygen atoms in total. The molecule has 1 aromatic carbocycles. The van der Waals surface area contributed by atoms with Crippen molar-refractivity contribution in [3.63, 3.8) is 0 Å². The minimum atomic E-state index is -0.0913. The number of amides is 2. The molecule has 2 amide bonds. The lowest BCUT2D eigenvalue weighted by Gasteiger charge is -2.31. The molecule has 0 saturated heterocycles. The van der Waals surface area contributed by atoms with E-state index in [1.54, 1.807) is 0 Å². The van der Waals surface area contributed by atoms with Crippen molar-refractivity contribution in [1.29, 1.82) is 0 Å². The molecule has 1 saturated carbocycles. The number of likely N-dealkylation sites (N-methyl/N-ethyl adjacent to an activating group) is 1. The first-order valence-corrected chi connectivity index (χ1v) is 10.0. The van der Waals surface area contributed by atoms with E-state index in [0.29, 0.717) is 23.9 Å². The van der Waals surface area contributed by atoms with Crippen LogP contribution in [0.15, 0.2) is 29.2 Å². The van der Waals surface area contributed by atoms with Gasteiger partial charge in [-0.2, -0.15) is 0 Å². The summed E-state index contributed by atoms with van der Waals surface area (Å²) in [6, 6.07) is 7.86. The number of nitrogens with one attached hydrogen (secondary N) is 2. The number of hydrogen-bond acceptors (Lipinski definition) is 4. The third kappa shape index (κ3) is 6.82. The van der Waals surface area contributed by atoms with E-state index < -0.39 is 0 Å². The second kappa shape index (κ2) is 12.2. The van der Waals surface area contributed by atoms with Crippen LogP contribution in [0.3, 0.4) is 0 Å². The van der Waals surface area contributed by atoms with Gasteiger partial charge in [0.1, 0.15) is 0 Å². The fraction of sp³-hybridized carbons (Fsp3) is 0.579. The summed E-state index contributed by atoms with van der Waals surface area (Å²) in [5, 5.41) is 5.89. The Morgan fingerprint density at radius 2 is 1.85 bits per heavy atom. The lowest BCUT2D eigenvalue weighted by atomic mass is 9.94. The van der Waals surface area contributed by atoms with Crippen LogP contribution in [0, 0.1) is 0 Å². The summed E-state index contributed by atoms with van der Waals surface area (Å²) >= 11 is 1.45. The Balaban J connectivity index is 0.00000338. The fourth-order valence-corrected chi connectivity index (χ4v) is 4.06. The SMILES string of the molecule is CNCCNC(=O)c1ccccc1SCC(=O)N(C)C1CCCCC1.Cl. The molecule has 1 aliphatic rings. The van der Waals surface area contributed by atoms with Crippen LogP contribution < -0.4 is 10.6 Å². The molecule has 0 spiro atoms. The molecule has 1 fully saturated rings. The van der Waals surface area contributed by atoms with Gasteiger partial charge in [0, 0.05) is 31.1 Å². The molecule has 0 heterocycles. The predicted octanol–water partition coefficient (Wildman–Crippen LogP) is 2.94. The number of nitrogens with zero attached hydrogens (tertiary/aromatic N) is 1. The molecular formula is C19H30ClN3O2S. The smallest absolute Gasteiger partial charge is 0.252 e. The Morgan fingerprint density at radius 3 is 2.54 bits per heavy atom. The summed E-state index contributed by atoms with van der Waals surface area (Å²) in [7, 11) is 3.76. The number of carbonyl (C=O) groups excluding carboxylic acids is 2. The van der Waals surface area contributed by atoms with Gasteiger partial charge in [-0.25, -0.2) is 0 Å². The molecular weight excluding hydrogens is 370 g/mol. The molecule has 0 bridgehead atoms. The van der Waals surface area contributed by atoms with Crippen LogP contribution in [0.1, 0.15) is 42.5 Å². The molecule has 2 rings (SSSR count). The standard InChI is InChI=1S/C19H29N3O2S.ClH/c1-20-12-13-21-19(24)16-10-6-7-11-17(16)25-14-18(23)22(2)15-8-4-3-5-9-15;/h6-7,10-11,15,20H,3-5,8-9,12-14H2,1-2H3,(H,21,24);1H. The summed E-state index contributed by atoms with van der Waals surface area (Å²) in [5.74, 6) is 0.419. The molecule has 0 aromatic heterocycles. The first-order valence-electron chi connectivity index (χ1n) is 9.03. The van der Waals surface area contributed by atoms with Crippen LogP contribution >= 0.6 is 24.2 Å². The number of hydrogen-bond donors (Lipinski definition) is 2. The van der Waals surface area contributed by atoms with Crippen molar-refractivity contribution in [3.05, 3.63) is 29.8 Å². The van der Waals surface area contributed by atoms with Gasteiger partial charge >= 0.3 is 0 Å². The molecule has 146 valence electrons. The summed E-state index contributed by atoms with van der Waals surface area (Å²) in [5.41, 5.74) is 0.636. The van der Waals surface area contributed by atoms with E-state index in [4.69, 9.17) is 0 Å². The average Bonchev–Trinajstić information content (AvgIpc) is 2.66. The summed E-state index contributed by atoms with van der Waals surface area (Å²) in [6.45, 7) is 1.31. The Morgan fingerprint density at radius 1 is 1.15 bits per heavy atom. The minimum Gasteiger partial charge on any atom is -0.351 e. The molecule has 0 atom stereocenters. The van der Waals surface area contributed by atoms with Crippen LogP contribution in [-0.4, -0.2) is 55.7 Å². The lowest BCUT2D eigenvalue weighted by Crippen LogP contribution is -2.39. The van der Waals surface area contributed by atoms with Crippen molar-refractivity contribution in [2.45, 2.75) is 43.0 Å². The van der Waals surface area contributed by atoms with Gasteiger partial charge in [-0.15, -0.1) is 24.2 Å². The van der Waals surface area contributed by atoms with Gasteiger partial charge in [0.15, 0.2) is 0 Å². The van der Waals surface area contributed by atoms with Crippen LogP contribution in [-0.2, 0) is 4.79 Å². The molecule has 7 heteroatoms. The van der Waals surface area contributed by atoms with Crippen LogP contribution in [0.5, 0.6) is 0 Å². The highest BCUT2D eigenvalue weighted by atomic mass is 35.5. The zero-order valence-electron chi connectivity index (χ0n) is 15.6. The summed E-state index contributed by atoms with van der Waals surface area (Å²) < 4.78 is 0. The van der Waals surface area contributed by atoms with E-state index in [0.717, 1.165) is 24.3 Å². The Labute approximate surface area is 167 Å². The monoisotopic (exact) mass is 399 g/mol. The summed E-state index contributed by atoms with van der Waals surface area (Å²) in [4.78, 5) is 27.6. The maximum absolute atomic E-state index is 12.5. The molecule has 0 radical (unpaired) electrons. The lowest BCUT2D eigenvalue weighted by molar-refractivity contribution is -0.129. The van der Waals surface area contributed by atoms with E-state index in [-0.39, 0.29) is 24.2 Å². The van der Waals surface area contributed by atoms with Crippen molar-refractivity contribution in [2.24, 2.45) is 0 Å². The number of thioether (sulfide) groups is 1. The van der Waals surface area contributed by atoms with Gasteiger partial charge in [-0.3, -0.25) is 9.59 Å². The van der Waals surface area contributed by atoms with Gasteiger partial charge in [0.05, 0.1) is 11.3 Å². The summed E-state index contributed by atoms with van der Waals surface area (Å²) in [6.07, 6.45) is 5.92. The highest BCUT2D eigenvalue weighted by molar-refractivity contribution is 8.00. The minimum absolute atomic E-state index is 0. The van der Waals surface area contributed by atoms with Gasteiger partial charge in [-0.05, 0) is 32.0 Å². The second-order valence-electron chi connectivity index (χ2n) is 6.44. The van der Waals surface area contributed by atoms with E-state index in [2.05, 4.69) is 10.6 Å². The van der Waals surface area contributed by atoms with E-state index >= 15 is 0 Å². The van der Waals surface area contributed by atoms with Gasteiger partial charge in [0.2, 0.25) is 5.91 Å². The van der Waals surface area contributed by atoms with Crippen LogP contribution in [0.25, 0.3) is 0 Å². The van der Waals surface area contributed by atoms with Gasteiger partial charge in [-0.1, -0.05) is 31.4 Å². The second-order valence-corrected chi connectivity index (χ2v) is 7.46. The highest BCUT2D eigenvalue weighted by Crippen LogP contribution is 2.25. The molecule has 0 aliphatic heterocycles. The zero-order valence-corrected chi connectivity index (χ0v) is 17.3. The maximum atomic E-state index is 12.5. The van der Waals surface area contributed by atoms with E-state index in [1.165, 1.54) is 31.0 Å². The molecule has 0 unspecified atom stereocenters. The first kappa shape index (κ1) is 22.8. The third-order valence-electron chi connectivity index (χ3n) is 4.66. The van der Waals surface area contributed by atoms with Gasteiger partial charge in [0.25, 0.3) is 5.91 Å². The number of halogens is 1. The molecule has 1 aromatic rings.